The number of amides is 1. The van der Waals surface area contributed by atoms with E-state index in [4.69, 9.17) is 4.74 Å². The predicted octanol–water partition coefficient (Wildman–Crippen LogP) is 4.46. The number of carbonyl (C=O) groups excluding carboxylic acids is 1. The summed E-state index contributed by atoms with van der Waals surface area (Å²) in [4.78, 5) is 12.0. The second-order valence-electron chi connectivity index (χ2n) is 5.50. The molecule has 2 aromatic rings. The van der Waals surface area contributed by atoms with Crippen molar-refractivity contribution >= 4 is 21.8 Å². The molecule has 1 atom stereocenters. The van der Waals surface area contributed by atoms with E-state index in [2.05, 4.69) is 34.2 Å². The molecule has 1 amide bonds. The Bertz CT molecular complexity index is 718. The number of aryl methyl sites for hydroxylation is 2. The number of carbonyl (C=O) groups is 1. The van der Waals surface area contributed by atoms with Gasteiger partial charge in [0.25, 0.3) is 5.91 Å². The second-order valence-corrected chi connectivity index (χ2v) is 6.35. The average Bonchev–Trinajstić information content (AvgIpc) is 2.49. The Morgan fingerprint density at radius 2 is 1.96 bits per heavy atom. The molecule has 0 spiro atoms. The van der Waals surface area contributed by atoms with Gasteiger partial charge in [-0.25, -0.2) is 4.39 Å². The maximum Gasteiger partial charge on any atom is 0.258 e. The average molecular weight is 380 g/mol. The number of benzene rings is 2. The van der Waals surface area contributed by atoms with Crippen LogP contribution in [0.25, 0.3) is 0 Å². The van der Waals surface area contributed by atoms with Crippen LogP contribution in [0.3, 0.4) is 0 Å². The minimum absolute atomic E-state index is 0.109. The van der Waals surface area contributed by atoms with Crippen LogP contribution in [0.15, 0.2) is 40.9 Å². The summed E-state index contributed by atoms with van der Waals surface area (Å²) in [6.07, 6.45) is 0. The largest absolute Gasteiger partial charge is 0.483 e. The zero-order valence-corrected chi connectivity index (χ0v) is 14.9. The quantitative estimate of drug-likeness (QED) is 0.832. The lowest BCUT2D eigenvalue weighted by atomic mass is 10.0. The van der Waals surface area contributed by atoms with Gasteiger partial charge < -0.3 is 10.1 Å². The summed E-state index contributed by atoms with van der Waals surface area (Å²) < 4.78 is 18.9. The summed E-state index contributed by atoms with van der Waals surface area (Å²) in [5.74, 6) is -0.163. The van der Waals surface area contributed by atoms with Gasteiger partial charge in [0.05, 0.1) is 10.5 Å². The van der Waals surface area contributed by atoms with E-state index in [1.807, 2.05) is 26.0 Å². The minimum Gasteiger partial charge on any atom is -0.483 e. The first-order chi connectivity index (χ1) is 10.9. The van der Waals surface area contributed by atoms with Crippen molar-refractivity contribution in [2.45, 2.75) is 26.8 Å². The van der Waals surface area contributed by atoms with Gasteiger partial charge in [-0.15, -0.1) is 0 Å². The predicted molar refractivity (Wildman–Crippen MR) is 92.1 cm³/mol. The van der Waals surface area contributed by atoms with Crippen molar-refractivity contribution in [2.75, 3.05) is 6.61 Å². The van der Waals surface area contributed by atoms with Crippen LogP contribution >= 0.6 is 15.9 Å². The van der Waals surface area contributed by atoms with Gasteiger partial charge in [-0.2, -0.15) is 0 Å². The maximum atomic E-state index is 13.0. The van der Waals surface area contributed by atoms with Crippen LogP contribution in [0, 0.1) is 19.7 Å². The molecule has 0 saturated heterocycles. The Labute approximate surface area is 144 Å². The van der Waals surface area contributed by atoms with Crippen LogP contribution in [0.1, 0.15) is 29.7 Å². The van der Waals surface area contributed by atoms with Crippen LogP contribution in [-0.2, 0) is 4.79 Å². The van der Waals surface area contributed by atoms with E-state index in [0.717, 1.165) is 5.56 Å². The van der Waals surface area contributed by atoms with E-state index in [0.29, 0.717) is 10.2 Å². The molecule has 23 heavy (non-hydrogen) atoms. The molecule has 0 saturated carbocycles. The van der Waals surface area contributed by atoms with Crippen LogP contribution < -0.4 is 10.1 Å². The number of ether oxygens (including phenoxy) is 1. The molecule has 0 aliphatic rings. The monoisotopic (exact) mass is 379 g/mol. The van der Waals surface area contributed by atoms with E-state index in [9.17, 15) is 9.18 Å². The van der Waals surface area contributed by atoms with Gasteiger partial charge in [0.2, 0.25) is 0 Å². The van der Waals surface area contributed by atoms with Crippen molar-refractivity contribution < 1.29 is 13.9 Å². The third-order valence-corrected chi connectivity index (χ3v) is 4.28. The van der Waals surface area contributed by atoms with Crippen molar-refractivity contribution in [1.82, 2.24) is 5.32 Å². The fourth-order valence-corrected chi connectivity index (χ4v) is 2.60. The summed E-state index contributed by atoms with van der Waals surface area (Å²) in [6.45, 7) is 5.90. The molecule has 0 radical (unpaired) electrons. The summed E-state index contributed by atoms with van der Waals surface area (Å²) in [7, 11) is 0. The van der Waals surface area contributed by atoms with Crippen molar-refractivity contribution in [2.24, 2.45) is 0 Å². The van der Waals surface area contributed by atoms with Gasteiger partial charge in [-0.3, -0.25) is 4.79 Å². The SMILES string of the molecule is Cc1ccc(C(C)NC(=O)COc2ccc(F)cc2Br)cc1C. The zero-order chi connectivity index (χ0) is 17.0. The number of hydrogen-bond acceptors (Lipinski definition) is 2. The first-order valence-corrected chi connectivity index (χ1v) is 8.10. The van der Waals surface area contributed by atoms with Crippen LogP contribution in [0.4, 0.5) is 4.39 Å². The molecule has 0 aromatic heterocycles. The standard InChI is InChI=1S/C18H19BrFNO2/c1-11-4-5-14(8-12(11)2)13(3)21-18(22)10-23-17-7-6-15(20)9-16(17)19/h4-9,13H,10H2,1-3H3,(H,21,22). The first kappa shape index (κ1) is 17.5. The number of nitrogens with one attached hydrogen (secondary N) is 1. The molecule has 122 valence electrons. The van der Waals surface area contributed by atoms with E-state index in [1.165, 1.54) is 29.3 Å². The smallest absolute Gasteiger partial charge is 0.258 e. The molecule has 5 heteroatoms. The third kappa shape index (κ3) is 4.79. The van der Waals surface area contributed by atoms with E-state index in [1.54, 1.807) is 0 Å². The van der Waals surface area contributed by atoms with Crippen LogP contribution in [-0.4, -0.2) is 12.5 Å². The number of rotatable bonds is 5. The molecule has 1 N–H and O–H groups in total. The van der Waals surface area contributed by atoms with E-state index < -0.39 is 0 Å². The molecular formula is C18H19BrFNO2. The molecule has 3 nitrogen and oxygen atoms in total. The highest BCUT2D eigenvalue weighted by atomic mass is 79.9. The van der Waals surface area contributed by atoms with Crippen molar-refractivity contribution in [3.8, 4) is 5.75 Å². The molecule has 0 aliphatic heterocycles. The van der Waals surface area contributed by atoms with Crippen molar-refractivity contribution in [1.29, 1.82) is 0 Å². The van der Waals surface area contributed by atoms with Gasteiger partial charge in [0.1, 0.15) is 11.6 Å². The Morgan fingerprint density at radius 1 is 1.22 bits per heavy atom. The topological polar surface area (TPSA) is 38.3 Å². The van der Waals surface area contributed by atoms with Crippen LogP contribution in [0.2, 0.25) is 0 Å². The van der Waals surface area contributed by atoms with Gasteiger partial charge in [-0.1, -0.05) is 18.2 Å². The maximum absolute atomic E-state index is 13.0. The van der Waals surface area contributed by atoms with Crippen molar-refractivity contribution in [3.63, 3.8) is 0 Å². The van der Waals surface area contributed by atoms with E-state index in [-0.39, 0.29) is 24.4 Å². The zero-order valence-electron chi connectivity index (χ0n) is 13.3. The molecule has 1 unspecified atom stereocenters. The lowest BCUT2D eigenvalue weighted by Gasteiger charge is -2.16. The Hall–Kier alpha value is -1.88. The highest BCUT2D eigenvalue weighted by Gasteiger charge is 2.12. The van der Waals surface area contributed by atoms with Crippen molar-refractivity contribution in [3.05, 3.63) is 63.4 Å². The summed E-state index contributed by atoms with van der Waals surface area (Å²) >= 11 is 3.20. The fraction of sp³-hybridized carbons (Fsp3) is 0.278. The third-order valence-electron chi connectivity index (χ3n) is 3.66. The molecular weight excluding hydrogens is 361 g/mol. The Kier molecular flexibility index (Phi) is 5.77. The lowest BCUT2D eigenvalue weighted by Crippen LogP contribution is -2.31. The normalized spacial score (nSPS) is 11.9. The number of hydrogen-bond donors (Lipinski definition) is 1. The second kappa shape index (κ2) is 7.59. The molecule has 0 aliphatic carbocycles. The molecule has 2 rings (SSSR count). The Balaban J connectivity index is 1.92. The Morgan fingerprint density at radius 3 is 2.61 bits per heavy atom. The minimum atomic E-state index is -0.364. The summed E-state index contributed by atoms with van der Waals surface area (Å²) in [6, 6.07) is 10.1. The van der Waals surface area contributed by atoms with Gasteiger partial charge in [0.15, 0.2) is 6.61 Å². The summed E-state index contributed by atoms with van der Waals surface area (Å²) in [5, 5.41) is 2.89. The highest BCUT2D eigenvalue weighted by molar-refractivity contribution is 9.10. The molecule has 0 fully saturated rings. The molecule has 0 heterocycles. The van der Waals surface area contributed by atoms with E-state index >= 15 is 0 Å². The molecule has 2 aromatic carbocycles. The number of halogens is 2. The summed E-state index contributed by atoms with van der Waals surface area (Å²) in [5.41, 5.74) is 3.45. The highest BCUT2D eigenvalue weighted by Crippen LogP contribution is 2.25. The lowest BCUT2D eigenvalue weighted by molar-refractivity contribution is -0.123. The van der Waals surface area contributed by atoms with Gasteiger partial charge in [-0.05, 0) is 71.6 Å². The van der Waals surface area contributed by atoms with Crippen LogP contribution in [0.5, 0.6) is 5.75 Å². The molecule has 0 bridgehead atoms. The first-order valence-electron chi connectivity index (χ1n) is 7.31. The van der Waals surface area contributed by atoms with Gasteiger partial charge >= 0.3 is 0 Å². The van der Waals surface area contributed by atoms with Gasteiger partial charge in [0, 0.05) is 0 Å². The fourth-order valence-electron chi connectivity index (χ4n) is 2.14.